The number of alkyl carbamates (subject to hydrolysis) is 1. The van der Waals surface area contributed by atoms with Crippen LogP contribution in [0.2, 0.25) is 0 Å². The van der Waals surface area contributed by atoms with Gasteiger partial charge in [-0.05, 0) is 201 Å². The zero-order valence-corrected chi connectivity index (χ0v) is 85.4. The number of aromatic carboxylic acids is 2. The summed E-state index contributed by atoms with van der Waals surface area (Å²) in [7, 11) is 23.7. The molecule has 2 unspecified atom stereocenters. The fourth-order valence-electron chi connectivity index (χ4n) is 16.5. The van der Waals surface area contributed by atoms with Gasteiger partial charge in [0.1, 0.15) is 83.4 Å². The summed E-state index contributed by atoms with van der Waals surface area (Å²) >= 11 is 0. The lowest BCUT2D eigenvalue weighted by Crippen LogP contribution is -2.32. The number of rotatable bonds is 44. The Bertz CT molecular complexity index is 6720. The van der Waals surface area contributed by atoms with Gasteiger partial charge in [0.05, 0.1) is 96.7 Å². The number of benzene rings is 8. The number of hydrogen-bond donors (Lipinski definition) is 3. The van der Waals surface area contributed by atoms with Crippen molar-refractivity contribution in [3.8, 4) is 62.0 Å². The number of azide groups is 1. The van der Waals surface area contributed by atoms with Crippen LogP contribution in [0.4, 0.5) is 21.9 Å². The number of fused-ring (bicyclic) bond motifs is 4. The molecular formula is C112H131N16O18+. The number of aromatic nitrogens is 4. The normalized spacial score (nSPS) is 13.9. The van der Waals surface area contributed by atoms with Gasteiger partial charge in [-0.2, -0.15) is 0 Å². The predicted octanol–water partition coefficient (Wildman–Crippen LogP) is 13.0. The van der Waals surface area contributed by atoms with E-state index in [2.05, 4.69) is 129 Å². The molecule has 1 aromatic heterocycles. The van der Waals surface area contributed by atoms with Crippen LogP contribution in [0.3, 0.4) is 0 Å². The van der Waals surface area contributed by atoms with E-state index in [9.17, 15) is 39.0 Å². The van der Waals surface area contributed by atoms with Crippen LogP contribution in [0.1, 0.15) is 111 Å². The molecule has 34 nitrogen and oxygen atoms in total. The summed E-state index contributed by atoms with van der Waals surface area (Å²) in [5.74, 6) is -0.302. The molecule has 146 heavy (non-hydrogen) atoms. The number of nitrogens with zero attached hydrogens (tertiary/aromatic N) is 13. The van der Waals surface area contributed by atoms with E-state index in [1.807, 2.05) is 207 Å². The van der Waals surface area contributed by atoms with E-state index < -0.39 is 18.0 Å². The quantitative estimate of drug-likeness (QED) is 0.00607. The Hall–Kier alpha value is -15.2. The van der Waals surface area contributed by atoms with E-state index in [-0.39, 0.29) is 53.9 Å². The molecule has 0 saturated heterocycles. The number of ketones is 1. The molecule has 7 aromatic rings. The van der Waals surface area contributed by atoms with Gasteiger partial charge in [0.25, 0.3) is 11.8 Å². The lowest BCUT2D eigenvalue weighted by Gasteiger charge is -2.23. The average molecular weight is 1990 g/mol. The number of amides is 3. The molecule has 0 bridgehead atoms. The van der Waals surface area contributed by atoms with Crippen molar-refractivity contribution in [3.63, 3.8) is 0 Å². The third-order valence-electron chi connectivity index (χ3n) is 24.4. The molecule has 3 N–H and O–H groups in total. The van der Waals surface area contributed by atoms with Crippen molar-refractivity contribution in [1.82, 2.24) is 45.5 Å². The lowest BCUT2D eigenvalue weighted by molar-refractivity contribution is -0.462. The number of anilines is 3. The minimum absolute atomic E-state index is 0.0354. The van der Waals surface area contributed by atoms with Gasteiger partial charge >= 0.3 is 6.09 Å². The minimum Gasteiger partial charge on any atom is -0.545 e. The molecule has 5 aliphatic carbocycles. The highest BCUT2D eigenvalue weighted by molar-refractivity contribution is 6.11. The molecule has 34 heteroatoms. The molecule has 0 fully saturated rings. The fraction of sp³-hybridized carbons (Fsp3) is 0.366. The molecular weight excluding hydrogens is 1860 g/mol. The van der Waals surface area contributed by atoms with Crippen LogP contribution in [0.15, 0.2) is 238 Å². The summed E-state index contributed by atoms with van der Waals surface area (Å²) in [6, 6.07) is 48.0. The summed E-state index contributed by atoms with van der Waals surface area (Å²) in [6.45, 7) is 8.24. The molecule has 3 heterocycles. The SMILES string of the molecule is CN(C)c1ccc(C(=C2C=CC(=[N+](C)C)C=C2)C2C=CC(C(=O)CCCOCCOCCOCCN=[N+]=[N-])=CC2)cc1.CN(C)c1ccc2c(-c3cc(C(=O)NCCCNC(=O)OC4CC/C=C/CCC4)ccc3C(=O)[O-])c3ccc(=[N+](C)C)cc-3oc2c1.Cc1nnc(-c2ccc(OCCOCCOCCOCCNC(=O)c3ccc(C(=O)[O-])c(-c4c5ccc(=[N+](C)C)cc-5oc5cc(N(C)C)ccc45)c3)cc2)nn1. The van der Waals surface area contributed by atoms with Crippen molar-refractivity contribution in [3.05, 3.63) is 278 Å². The zero-order valence-electron chi connectivity index (χ0n) is 85.4. The number of allylic oxidation sites excluding steroid dienone is 12. The molecule has 0 saturated carbocycles. The number of ether oxygens (including phenoxy) is 8. The zero-order chi connectivity index (χ0) is 104. The maximum atomic E-state index is 13.3. The molecule has 2 atom stereocenters. The first-order valence-corrected chi connectivity index (χ1v) is 48.9. The van der Waals surface area contributed by atoms with Crippen LogP contribution in [0, 0.1) is 12.8 Å². The topological polar surface area (TPSA) is 404 Å². The second kappa shape index (κ2) is 55.6. The summed E-state index contributed by atoms with van der Waals surface area (Å²) < 4.78 is 63.2. The average Bonchev–Trinajstić information content (AvgIpc) is 0.744. The van der Waals surface area contributed by atoms with Crippen molar-refractivity contribution in [2.75, 3.05) is 211 Å². The summed E-state index contributed by atoms with van der Waals surface area (Å²) in [5, 5.41) is 55.9. The molecule has 7 aliphatic rings. The molecule has 3 amide bonds. The number of Topliss-reactive ketones (excluding diaryl/α,β-unsaturated/α-hetero) is 1. The van der Waals surface area contributed by atoms with E-state index in [1.165, 1.54) is 41.0 Å². The highest BCUT2D eigenvalue weighted by Crippen LogP contribution is 2.45. The first kappa shape index (κ1) is 110. The standard InChI is InChI=1S/C42H45N7O8.C37H42N4O6.C33H44N5O4/c1-27-44-46-40(47-45-27)28-6-11-32(12-7-28)56-23-22-55-21-20-54-19-18-53-17-16-43-41(50)29-8-13-33(42(51)52)36(24-29)39-34-14-9-30(48(2)3)25-37(34)57-38-26-31(49(4)5)10-15-35(38)39;1-40(2)25-14-17-29-32(22-25)47-33-23-26(41(3)4)15-18-30(33)34(29)31-21-24(13-16-28(31)36(43)44)35(42)38-19-10-20-39-37(45)46-27-11-8-6-5-7-9-12-27;1-37(2)30-15-11-28(12-16-30)33(29-13-17-31(18-14-29)38(3)4)27-9-7-26(8-10-27)32(39)6-5-20-40-22-24-42-25-23-41-21-19-35-36-34/h6-15,24-26H,16-23H2,1-5H3,(H-,43,50,51,52);5-6,13-18,21-23,27H,7-12,19-20H2,1-4H3,(H2-,38,39,42,43,44,45);7-9,11-18,27H,5-6,10,19-25H2,1-4H3/q;;+1/b;6-5+;. The Morgan fingerprint density at radius 1 is 0.493 bits per heavy atom. The summed E-state index contributed by atoms with van der Waals surface area (Å²) in [4.78, 5) is 85.2. The van der Waals surface area contributed by atoms with Gasteiger partial charge in [-0.1, -0.05) is 59.8 Å². The van der Waals surface area contributed by atoms with Crippen molar-refractivity contribution in [2.45, 2.75) is 70.8 Å². The van der Waals surface area contributed by atoms with Gasteiger partial charge in [0.15, 0.2) is 17.3 Å². The Balaban J connectivity index is 0.000000197. The summed E-state index contributed by atoms with van der Waals surface area (Å²) in [5.41, 5.74) is 22.6. The Morgan fingerprint density at radius 2 is 0.993 bits per heavy atom. The van der Waals surface area contributed by atoms with E-state index in [1.54, 1.807) is 19.1 Å². The Kier molecular flexibility index (Phi) is 41.8. The molecule has 2 aliphatic heterocycles. The van der Waals surface area contributed by atoms with Gasteiger partial charge in [-0.3, -0.25) is 14.4 Å². The molecule has 6 aromatic carbocycles. The smallest absolute Gasteiger partial charge is 0.407 e. The van der Waals surface area contributed by atoms with E-state index >= 15 is 0 Å². The highest BCUT2D eigenvalue weighted by atomic mass is 16.6. The second-order valence-electron chi connectivity index (χ2n) is 36.1. The Labute approximate surface area is 850 Å². The molecule has 0 spiro atoms. The van der Waals surface area contributed by atoms with Crippen LogP contribution in [0.5, 0.6) is 5.75 Å². The molecule has 0 radical (unpaired) electrons. The number of aryl methyl sites for hydroxylation is 1. The number of nitrogens with one attached hydrogen (secondary N) is 3. The third-order valence-corrected chi connectivity index (χ3v) is 24.4. The number of hydrogen-bond acceptors (Lipinski definition) is 26. The number of carbonyl (C=O) groups is 6. The fourth-order valence-corrected chi connectivity index (χ4v) is 16.5. The maximum absolute atomic E-state index is 13.3. The second-order valence-corrected chi connectivity index (χ2v) is 36.1. The van der Waals surface area contributed by atoms with Gasteiger partial charge in [0.2, 0.25) is 16.5 Å². The van der Waals surface area contributed by atoms with Crippen LogP contribution in [-0.2, 0) is 38.0 Å². The first-order chi connectivity index (χ1) is 70.6. The van der Waals surface area contributed by atoms with Crippen molar-refractivity contribution < 1.29 is 90.3 Å². The monoisotopic (exact) mass is 1990 g/mol. The largest absolute Gasteiger partial charge is 0.545 e. The number of carbonyl (C=O) groups excluding carboxylic acids is 6. The first-order valence-electron chi connectivity index (χ1n) is 48.9. The van der Waals surface area contributed by atoms with Gasteiger partial charge < -0.3 is 97.2 Å². The third kappa shape index (κ3) is 31.7. The number of carboxylic acids is 2. The van der Waals surface area contributed by atoms with Crippen molar-refractivity contribution in [2.24, 2.45) is 11.0 Å². The summed E-state index contributed by atoms with van der Waals surface area (Å²) in [6.07, 6.45) is 25.7. The molecule has 766 valence electrons. The Morgan fingerprint density at radius 3 is 1.51 bits per heavy atom. The van der Waals surface area contributed by atoms with Crippen LogP contribution in [-0.4, -0.2) is 269 Å². The molecule has 14 rings (SSSR count). The van der Waals surface area contributed by atoms with E-state index in [4.69, 9.17) is 52.3 Å². The van der Waals surface area contributed by atoms with Gasteiger partial charge in [-0.25, -0.2) is 18.5 Å². The van der Waals surface area contributed by atoms with Crippen LogP contribution >= 0.6 is 0 Å². The van der Waals surface area contributed by atoms with E-state index in [0.29, 0.717) is 214 Å². The number of carboxylic acid groups (broad SMARTS) is 2. The van der Waals surface area contributed by atoms with Crippen LogP contribution in [0.25, 0.3) is 94.2 Å². The van der Waals surface area contributed by atoms with Gasteiger partial charge in [0, 0.05) is 212 Å². The highest BCUT2D eigenvalue weighted by Gasteiger charge is 2.28. The lowest BCUT2D eigenvalue weighted by atomic mass is 9.81. The van der Waals surface area contributed by atoms with E-state index in [0.717, 1.165) is 83.1 Å². The van der Waals surface area contributed by atoms with Gasteiger partial charge in [-0.15, -0.1) is 20.4 Å². The van der Waals surface area contributed by atoms with Crippen molar-refractivity contribution in [1.29, 1.82) is 0 Å². The van der Waals surface area contributed by atoms with Crippen LogP contribution < -0.4 is 65.5 Å². The van der Waals surface area contributed by atoms with Crippen molar-refractivity contribution >= 4 is 85.9 Å². The maximum Gasteiger partial charge on any atom is 0.407 e. The predicted molar refractivity (Wildman–Crippen MR) is 563 cm³/mol. The minimum atomic E-state index is -1.35.